The highest BCUT2D eigenvalue weighted by atomic mass is 16.3. The van der Waals surface area contributed by atoms with Gasteiger partial charge < -0.3 is 9.73 Å². The Morgan fingerprint density at radius 1 is 1.19 bits per heavy atom. The van der Waals surface area contributed by atoms with Gasteiger partial charge in [0.1, 0.15) is 5.52 Å². The number of allylic oxidation sites excluding steroid dienone is 1. The summed E-state index contributed by atoms with van der Waals surface area (Å²) in [5.41, 5.74) is 3.81. The third kappa shape index (κ3) is 2.84. The normalized spacial score (nSPS) is 11.6. The number of para-hydroxylation sites is 2. The zero-order chi connectivity index (χ0) is 14.7. The van der Waals surface area contributed by atoms with Crippen molar-refractivity contribution in [3.63, 3.8) is 0 Å². The number of nitrogens with one attached hydrogen (secondary N) is 1. The van der Waals surface area contributed by atoms with Gasteiger partial charge in [0.2, 0.25) is 5.89 Å². The van der Waals surface area contributed by atoms with E-state index in [1.807, 2.05) is 55.5 Å². The van der Waals surface area contributed by atoms with E-state index in [9.17, 15) is 4.79 Å². The van der Waals surface area contributed by atoms with Crippen molar-refractivity contribution in [1.29, 1.82) is 0 Å². The Labute approximate surface area is 122 Å². The van der Waals surface area contributed by atoms with E-state index in [0.29, 0.717) is 17.0 Å². The zero-order valence-electron chi connectivity index (χ0n) is 11.5. The Bertz CT molecular complexity index is 785. The lowest BCUT2D eigenvalue weighted by Crippen LogP contribution is -1.93. The Morgan fingerprint density at radius 3 is 2.81 bits per heavy atom. The van der Waals surface area contributed by atoms with E-state index in [1.165, 1.54) is 0 Å². The van der Waals surface area contributed by atoms with Crippen LogP contribution in [0.15, 0.2) is 59.1 Å². The molecular formula is C17H14N2O2. The van der Waals surface area contributed by atoms with Crippen LogP contribution in [0.3, 0.4) is 0 Å². The lowest BCUT2D eigenvalue weighted by atomic mass is 10.2. The van der Waals surface area contributed by atoms with Gasteiger partial charge in [0, 0.05) is 11.9 Å². The van der Waals surface area contributed by atoms with Crippen molar-refractivity contribution in [2.24, 2.45) is 0 Å². The summed E-state index contributed by atoms with van der Waals surface area (Å²) in [6.07, 6.45) is 2.33. The first kappa shape index (κ1) is 13.1. The van der Waals surface area contributed by atoms with Gasteiger partial charge in [-0.1, -0.05) is 24.3 Å². The highest BCUT2D eigenvalue weighted by Crippen LogP contribution is 2.20. The SMILES string of the molecule is Cc1cccc(N/C=C(\C=O)c2nc3ccccc3o2)c1. The summed E-state index contributed by atoms with van der Waals surface area (Å²) in [5, 5.41) is 3.09. The minimum atomic E-state index is 0.311. The van der Waals surface area contributed by atoms with Crippen molar-refractivity contribution >= 4 is 28.6 Å². The van der Waals surface area contributed by atoms with E-state index >= 15 is 0 Å². The van der Waals surface area contributed by atoms with Gasteiger partial charge in [-0.05, 0) is 36.8 Å². The smallest absolute Gasteiger partial charge is 0.232 e. The van der Waals surface area contributed by atoms with Crippen molar-refractivity contribution in [1.82, 2.24) is 4.98 Å². The van der Waals surface area contributed by atoms with Gasteiger partial charge in [-0.15, -0.1) is 0 Å². The van der Waals surface area contributed by atoms with E-state index in [2.05, 4.69) is 10.3 Å². The standard InChI is InChI=1S/C17H14N2O2/c1-12-5-4-6-14(9-12)18-10-13(11-20)17-19-15-7-2-3-8-16(15)21-17/h2-11,18H,1H3/b13-10+. The monoisotopic (exact) mass is 278 g/mol. The molecule has 0 spiro atoms. The van der Waals surface area contributed by atoms with Crippen LogP contribution in [0.2, 0.25) is 0 Å². The fourth-order valence-electron chi connectivity index (χ4n) is 2.04. The Morgan fingerprint density at radius 2 is 2.05 bits per heavy atom. The van der Waals surface area contributed by atoms with E-state index in [-0.39, 0.29) is 0 Å². The maximum absolute atomic E-state index is 11.3. The van der Waals surface area contributed by atoms with Gasteiger partial charge in [-0.25, -0.2) is 4.98 Å². The van der Waals surface area contributed by atoms with Crippen LogP contribution in [0.25, 0.3) is 16.7 Å². The fraction of sp³-hybridized carbons (Fsp3) is 0.0588. The summed E-state index contributed by atoms with van der Waals surface area (Å²) in [6.45, 7) is 2.01. The average molecular weight is 278 g/mol. The molecule has 4 heteroatoms. The molecule has 0 radical (unpaired) electrons. The largest absolute Gasteiger partial charge is 0.436 e. The first-order valence-corrected chi connectivity index (χ1v) is 6.61. The van der Waals surface area contributed by atoms with Crippen LogP contribution in [-0.2, 0) is 4.79 Å². The third-order valence-corrected chi connectivity index (χ3v) is 3.08. The van der Waals surface area contributed by atoms with Crippen LogP contribution in [0.5, 0.6) is 0 Å². The van der Waals surface area contributed by atoms with Crippen LogP contribution in [0.4, 0.5) is 5.69 Å². The fourth-order valence-corrected chi connectivity index (χ4v) is 2.04. The van der Waals surface area contributed by atoms with Crippen LogP contribution in [0.1, 0.15) is 11.5 Å². The molecule has 4 nitrogen and oxygen atoms in total. The number of aldehydes is 1. The molecule has 0 aliphatic rings. The molecule has 3 rings (SSSR count). The molecule has 0 unspecified atom stereocenters. The van der Waals surface area contributed by atoms with Crippen molar-refractivity contribution in [2.75, 3.05) is 5.32 Å². The van der Waals surface area contributed by atoms with E-state index < -0.39 is 0 Å². The first-order chi connectivity index (χ1) is 10.3. The minimum absolute atomic E-state index is 0.311. The second-order valence-corrected chi connectivity index (χ2v) is 4.72. The quantitative estimate of drug-likeness (QED) is 0.582. The van der Waals surface area contributed by atoms with Crippen LogP contribution >= 0.6 is 0 Å². The molecule has 0 saturated carbocycles. The number of aromatic nitrogens is 1. The maximum atomic E-state index is 11.3. The number of carbonyl (C=O) groups excluding carboxylic acids is 1. The van der Waals surface area contributed by atoms with Gasteiger partial charge in [-0.2, -0.15) is 0 Å². The number of anilines is 1. The Hall–Kier alpha value is -2.88. The second-order valence-electron chi connectivity index (χ2n) is 4.72. The molecule has 104 valence electrons. The molecule has 0 amide bonds. The van der Waals surface area contributed by atoms with Gasteiger partial charge in [0.15, 0.2) is 11.9 Å². The predicted molar refractivity (Wildman–Crippen MR) is 82.9 cm³/mol. The molecule has 0 bridgehead atoms. The van der Waals surface area contributed by atoms with Crippen LogP contribution in [0, 0.1) is 6.92 Å². The summed E-state index contributed by atoms with van der Waals surface area (Å²) in [7, 11) is 0. The van der Waals surface area contributed by atoms with Gasteiger partial charge in [-0.3, -0.25) is 4.79 Å². The number of aryl methyl sites for hydroxylation is 1. The van der Waals surface area contributed by atoms with Crippen molar-refractivity contribution < 1.29 is 9.21 Å². The zero-order valence-corrected chi connectivity index (χ0v) is 11.5. The number of nitrogens with zero attached hydrogens (tertiary/aromatic N) is 1. The third-order valence-electron chi connectivity index (χ3n) is 3.08. The molecule has 0 aliphatic carbocycles. The number of fused-ring (bicyclic) bond motifs is 1. The lowest BCUT2D eigenvalue weighted by Gasteiger charge is -2.02. The van der Waals surface area contributed by atoms with E-state index in [1.54, 1.807) is 6.20 Å². The number of hydrogen-bond acceptors (Lipinski definition) is 4. The highest BCUT2D eigenvalue weighted by molar-refractivity contribution is 6.06. The average Bonchev–Trinajstić information content (AvgIpc) is 2.91. The molecule has 0 aliphatic heterocycles. The molecule has 0 saturated heterocycles. The number of hydrogen-bond donors (Lipinski definition) is 1. The Kier molecular flexibility index (Phi) is 3.51. The van der Waals surface area contributed by atoms with Crippen molar-refractivity contribution in [3.8, 4) is 0 Å². The molecule has 0 atom stereocenters. The van der Waals surface area contributed by atoms with Gasteiger partial charge >= 0.3 is 0 Å². The van der Waals surface area contributed by atoms with Crippen molar-refractivity contribution in [3.05, 3.63) is 66.2 Å². The molecule has 0 fully saturated rings. The molecule has 3 aromatic rings. The van der Waals surface area contributed by atoms with E-state index in [4.69, 9.17) is 4.42 Å². The topological polar surface area (TPSA) is 55.1 Å². The molecular weight excluding hydrogens is 264 g/mol. The second kappa shape index (κ2) is 5.63. The summed E-state index contributed by atoms with van der Waals surface area (Å²) in [6, 6.07) is 15.3. The molecule has 1 heterocycles. The molecule has 1 aromatic heterocycles. The van der Waals surface area contributed by atoms with E-state index in [0.717, 1.165) is 23.1 Å². The summed E-state index contributed by atoms with van der Waals surface area (Å²) in [5.74, 6) is 0.311. The van der Waals surface area contributed by atoms with Crippen LogP contribution < -0.4 is 5.32 Å². The van der Waals surface area contributed by atoms with Gasteiger partial charge in [0.25, 0.3) is 0 Å². The van der Waals surface area contributed by atoms with Crippen molar-refractivity contribution in [2.45, 2.75) is 6.92 Å². The lowest BCUT2D eigenvalue weighted by molar-refractivity contribution is -0.103. The molecule has 2 aromatic carbocycles. The number of rotatable bonds is 4. The predicted octanol–water partition coefficient (Wildman–Crippen LogP) is 3.79. The first-order valence-electron chi connectivity index (χ1n) is 6.61. The maximum Gasteiger partial charge on any atom is 0.232 e. The summed E-state index contributed by atoms with van der Waals surface area (Å²) in [4.78, 5) is 15.6. The number of carbonyl (C=O) groups is 1. The molecule has 21 heavy (non-hydrogen) atoms. The number of benzene rings is 2. The minimum Gasteiger partial charge on any atom is -0.436 e. The highest BCUT2D eigenvalue weighted by Gasteiger charge is 2.09. The summed E-state index contributed by atoms with van der Waals surface area (Å²) < 4.78 is 5.58. The Balaban J connectivity index is 1.90. The van der Waals surface area contributed by atoms with Crippen LogP contribution in [-0.4, -0.2) is 11.3 Å². The molecule has 1 N–H and O–H groups in total. The van der Waals surface area contributed by atoms with Gasteiger partial charge in [0.05, 0.1) is 5.57 Å². The summed E-state index contributed by atoms with van der Waals surface area (Å²) >= 11 is 0. The number of oxazole rings is 1.